The lowest BCUT2D eigenvalue weighted by molar-refractivity contribution is -0.0455. The van der Waals surface area contributed by atoms with Crippen LogP contribution in [0.3, 0.4) is 0 Å². The van der Waals surface area contributed by atoms with Crippen LogP contribution >= 0.6 is 15.9 Å². The number of ether oxygens (including phenoxy) is 2. The van der Waals surface area contributed by atoms with Crippen LogP contribution in [0.15, 0.2) is 22.7 Å². The summed E-state index contributed by atoms with van der Waals surface area (Å²) in [5.41, 5.74) is 0.673. The maximum Gasteiger partial charge on any atom is 0.187 e. The Morgan fingerprint density at radius 3 is 2.69 bits per heavy atom. The normalized spacial score (nSPS) is 17.9. The molecule has 0 atom stereocenters. The van der Waals surface area contributed by atoms with Crippen molar-refractivity contribution >= 4 is 15.9 Å². The van der Waals surface area contributed by atoms with Crippen LogP contribution in [0, 0.1) is 0 Å². The van der Waals surface area contributed by atoms with E-state index in [1.807, 2.05) is 0 Å². The number of benzene rings is 1. The van der Waals surface area contributed by atoms with E-state index < -0.39 is 6.29 Å². The highest BCUT2D eigenvalue weighted by Crippen LogP contribution is 2.32. The average molecular weight is 245 g/mol. The minimum absolute atomic E-state index is 0.204. The van der Waals surface area contributed by atoms with Crippen molar-refractivity contribution < 1.29 is 14.6 Å². The van der Waals surface area contributed by atoms with Crippen molar-refractivity contribution in [1.29, 1.82) is 0 Å². The zero-order valence-corrected chi connectivity index (χ0v) is 8.45. The molecule has 0 radical (unpaired) electrons. The molecule has 0 saturated carbocycles. The molecule has 2 rings (SSSR count). The highest BCUT2D eigenvalue weighted by molar-refractivity contribution is 9.10. The third-order valence-corrected chi connectivity index (χ3v) is 2.36. The van der Waals surface area contributed by atoms with Gasteiger partial charge >= 0.3 is 0 Å². The molecule has 1 fully saturated rings. The molecule has 1 aliphatic rings. The number of aromatic hydroxyl groups is 1. The fourth-order valence-corrected chi connectivity index (χ4v) is 1.63. The molecule has 0 aromatic heterocycles. The molecule has 0 bridgehead atoms. The van der Waals surface area contributed by atoms with E-state index in [4.69, 9.17) is 9.47 Å². The molecule has 1 saturated heterocycles. The van der Waals surface area contributed by atoms with E-state index in [1.54, 1.807) is 18.2 Å². The summed E-state index contributed by atoms with van der Waals surface area (Å²) < 4.78 is 11.4. The molecular formula is C9H9BrO3. The van der Waals surface area contributed by atoms with E-state index in [2.05, 4.69) is 15.9 Å². The van der Waals surface area contributed by atoms with Crippen LogP contribution in [0.1, 0.15) is 11.9 Å². The lowest BCUT2D eigenvalue weighted by Gasteiger charge is -2.11. The molecule has 70 valence electrons. The van der Waals surface area contributed by atoms with E-state index in [1.165, 1.54) is 0 Å². The Kier molecular flexibility index (Phi) is 2.53. The van der Waals surface area contributed by atoms with Gasteiger partial charge in [0.2, 0.25) is 0 Å². The number of hydrogen-bond donors (Lipinski definition) is 1. The van der Waals surface area contributed by atoms with Crippen LogP contribution in [0.5, 0.6) is 5.75 Å². The molecule has 4 heteroatoms. The Labute approximate surface area is 84.4 Å². The maximum atomic E-state index is 9.51. The van der Waals surface area contributed by atoms with Gasteiger partial charge in [-0.1, -0.05) is 15.9 Å². The number of hydrogen-bond acceptors (Lipinski definition) is 3. The van der Waals surface area contributed by atoms with Gasteiger partial charge in [0.1, 0.15) is 5.75 Å². The second-order valence-electron chi connectivity index (χ2n) is 2.78. The van der Waals surface area contributed by atoms with Gasteiger partial charge in [-0.25, -0.2) is 0 Å². The average Bonchev–Trinajstić information content (AvgIpc) is 2.61. The fraction of sp³-hybridized carbons (Fsp3) is 0.333. The Hall–Kier alpha value is -0.580. The highest BCUT2D eigenvalue weighted by Gasteiger charge is 2.21. The van der Waals surface area contributed by atoms with Crippen LogP contribution in [0.25, 0.3) is 0 Å². The van der Waals surface area contributed by atoms with Gasteiger partial charge in [0.25, 0.3) is 0 Å². The van der Waals surface area contributed by atoms with E-state index in [9.17, 15) is 5.11 Å². The van der Waals surface area contributed by atoms with Crippen molar-refractivity contribution in [3.63, 3.8) is 0 Å². The topological polar surface area (TPSA) is 38.7 Å². The SMILES string of the molecule is Oc1ccc(Br)cc1C1OCCO1. The monoisotopic (exact) mass is 244 g/mol. The first-order valence-corrected chi connectivity index (χ1v) is 4.78. The Balaban J connectivity index is 2.32. The largest absolute Gasteiger partial charge is 0.507 e. The molecule has 0 spiro atoms. The number of phenols is 1. The molecular weight excluding hydrogens is 236 g/mol. The van der Waals surface area contributed by atoms with Gasteiger partial charge in [0.05, 0.1) is 18.8 Å². The second kappa shape index (κ2) is 3.65. The Bertz CT molecular complexity index is 308. The second-order valence-corrected chi connectivity index (χ2v) is 3.69. The summed E-state index contributed by atoms with van der Waals surface area (Å²) in [6.45, 7) is 1.16. The third kappa shape index (κ3) is 1.85. The van der Waals surface area contributed by atoms with Gasteiger partial charge in [0.15, 0.2) is 6.29 Å². The Morgan fingerprint density at radius 1 is 1.31 bits per heavy atom. The van der Waals surface area contributed by atoms with Gasteiger partial charge < -0.3 is 14.6 Å². The molecule has 0 unspecified atom stereocenters. The van der Waals surface area contributed by atoms with Crippen molar-refractivity contribution in [2.45, 2.75) is 6.29 Å². The van der Waals surface area contributed by atoms with Crippen molar-refractivity contribution in [3.05, 3.63) is 28.2 Å². The summed E-state index contributed by atoms with van der Waals surface area (Å²) in [5, 5.41) is 9.51. The standard InChI is InChI=1S/C9H9BrO3/c10-6-1-2-8(11)7(5-6)9-12-3-4-13-9/h1-2,5,9,11H,3-4H2. The van der Waals surface area contributed by atoms with Crippen LogP contribution < -0.4 is 0 Å². The van der Waals surface area contributed by atoms with E-state index in [-0.39, 0.29) is 5.75 Å². The third-order valence-electron chi connectivity index (χ3n) is 1.87. The summed E-state index contributed by atoms with van der Waals surface area (Å²) in [5.74, 6) is 0.204. The zero-order chi connectivity index (χ0) is 9.26. The van der Waals surface area contributed by atoms with E-state index in [0.29, 0.717) is 18.8 Å². The molecule has 0 amide bonds. The van der Waals surface area contributed by atoms with Gasteiger partial charge in [-0.3, -0.25) is 0 Å². The van der Waals surface area contributed by atoms with Gasteiger partial charge in [-0.05, 0) is 18.2 Å². The zero-order valence-electron chi connectivity index (χ0n) is 6.87. The smallest absolute Gasteiger partial charge is 0.187 e. The molecule has 0 aliphatic carbocycles. The van der Waals surface area contributed by atoms with Gasteiger partial charge in [0, 0.05) is 4.47 Å². The van der Waals surface area contributed by atoms with Gasteiger partial charge in [-0.15, -0.1) is 0 Å². The van der Waals surface area contributed by atoms with Crippen molar-refractivity contribution in [3.8, 4) is 5.75 Å². The predicted molar refractivity (Wildman–Crippen MR) is 50.5 cm³/mol. The molecule has 1 N–H and O–H groups in total. The maximum absolute atomic E-state index is 9.51. The summed E-state index contributed by atoms with van der Waals surface area (Å²) in [6.07, 6.45) is -0.419. The molecule has 1 aromatic rings. The van der Waals surface area contributed by atoms with E-state index in [0.717, 1.165) is 4.47 Å². The minimum atomic E-state index is -0.419. The molecule has 1 aliphatic heterocycles. The summed E-state index contributed by atoms with van der Waals surface area (Å²) in [6, 6.07) is 5.18. The molecule has 1 heterocycles. The summed E-state index contributed by atoms with van der Waals surface area (Å²) in [7, 11) is 0. The van der Waals surface area contributed by atoms with Crippen LogP contribution in [-0.4, -0.2) is 18.3 Å². The first-order chi connectivity index (χ1) is 6.27. The van der Waals surface area contributed by atoms with Crippen LogP contribution in [-0.2, 0) is 9.47 Å². The number of rotatable bonds is 1. The molecule has 3 nitrogen and oxygen atoms in total. The first kappa shape index (κ1) is 8.99. The van der Waals surface area contributed by atoms with Crippen LogP contribution in [0.2, 0.25) is 0 Å². The van der Waals surface area contributed by atoms with Crippen molar-refractivity contribution in [2.24, 2.45) is 0 Å². The number of halogens is 1. The van der Waals surface area contributed by atoms with Crippen molar-refractivity contribution in [2.75, 3.05) is 13.2 Å². The quantitative estimate of drug-likeness (QED) is 0.824. The fourth-order valence-electron chi connectivity index (χ4n) is 1.25. The lowest BCUT2D eigenvalue weighted by Crippen LogP contribution is -1.98. The first-order valence-electron chi connectivity index (χ1n) is 3.99. The lowest BCUT2D eigenvalue weighted by atomic mass is 10.2. The van der Waals surface area contributed by atoms with Crippen LogP contribution in [0.4, 0.5) is 0 Å². The summed E-state index contributed by atoms with van der Waals surface area (Å²) >= 11 is 3.32. The van der Waals surface area contributed by atoms with Gasteiger partial charge in [-0.2, -0.15) is 0 Å². The van der Waals surface area contributed by atoms with E-state index >= 15 is 0 Å². The minimum Gasteiger partial charge on any atom is -0.507 e. The predicted octanol–water partition coefficient (Wildman–Crippen LogP) is 2.20. The molecule has 13 heavy (non-hydrogen) atoms. The highest BCUT2D eigenvalue weighted by atomic mass is 79.9. The number of phenolic OH excluding ortho intramolecular Hbond substituents is 1. The van der Waals surface area contributed by atoms with Crippen molar-refractivity contribution in [1.82, 2.24) is 0 Å². The molecule has 1 aromatic carbocycles. The summed E-state index contributed by atoms with van der Waals surface area (Å²) in [4.78, 5) is 0. The Morgan fingerprint density at radius 2 is 2.00 bits per heavy atom.